The van der Waals surface area contributed by atoms with Crippen molar-refractivity contribution in [1.29, 1.82) is 0 Å². The van der Waals surface area contributed by atoms with Gasteiger partial charge in [-0.2, -0.15) is 0 Å². The van der Waals surface area contributed by atoms with Crippen LogP contribution in [0.15, 0.2) is 18.5 Å². The second-order valence-electron chi connectivity index (χ2n) is 9.48. The second-order valence-corrected chi connectivity index (χ2v) is 9.48. The molecular formula is C25H44N4O3. The molecule has 1 aromatic heterocycles. The van der Waals surface area contributed by atoms with Gasteiger partial charge in [-0.05, 0) is 84.5 Å². The molecule has 0 spiro atoms. The number of pyridine rings is 1. The number of carbonyl (C=O) groups excluding carboxylic acids is 2. The van der Waals surface area contributed by atoms with Crippen molar-refractivity contribution in [2.75, 3.05) is 26.7 Å². The lowest BCUT2D eigenvalue weighted by Gasteiger charge is -2.24. The van der Waals surface area contributed by atoms with Gasteiger partial charge in [0.25, 0.3) is 0 Å². The van der Waals surface area contributed by atoms with Crippen LogP contribution in [0.1, 0.15) is 90.3 Å². The maximum atomic E-state index is 12.0. The number of hydrogen-bond donors (Lipinski definition) is 2. The molecular weight excluding hydrogens is 404 g/mol. The SMILES string of the molecule is CCCN(C)[C@@H](C)c1cncc(CCCNC(=O)CCCCCNC(=O)OC(C)(C)C)c1. The lowest BCUT2D eigenvalue weighted by atomic mass is 10.0. The molecule has 1 atom stereocenters. The van der Waals surface area contributed by atoms with Crippen molar-refractivity contribution in [3.63, 3.8) is 0 Å². The number of unbranched alkanes of at least 4 members (excludes halogenated alkanes) is 2. The van der Waals surface area contributed by atoms with E-state index in [0.717, 1.165) is 45.1 Å². The lowest BCUT2D eigenvalue weighted by Crippen LogP contribution is -2.33. The highest BCUT2D eigenvalue weighted by atomic mass is 16.6. The molecule has 0 saturated carbocycles. The summed E-state index contributed by atoms with van der Waals surface area (Å²) in [7, 11) is 2.15. The molecule has 182 valence electrons. The molecule has 0 fully saturated rings. The van der Waals surface area contributed by atoms with Crippen LogP contribution in [0, 0.1) is 0 Å². The molecule has 7 nitrogen and oxygen atoms in total. The third-order valence-corrected chi connectivity index (χ3v) is 5.25. The van der Waals surface area contributed by atoms with Crippen molar-refractivity contribution in [2.45, 2.75) is 91.2 Å². The molecule has 0 aliphatic rings. The highest BCUT2D eigenvalue weighted by Gasteiger charge is 2.15. The molecule has 1 rings (SSSR count). The number of nitrogens with one attached hydrogen (secondary N) is 2. The fourth-order valence-electron chi connectivity index (χ4n) is 3.37. The van der Waals surface area contributed by atoms with Crippen LogP contribution < -0.4 is 10.6 Å². The zero-order valence-corrected chi connectivity index (χ0v) is 21.0. The van der Waals surface area contributed by atoms with Crippen molar-refractivity contribution in [1.82, 2.24) is 20.5 Å². The Labute approximate surface area is 194 Å². The van der Waals surface area contributed by atoms with Crippen LogP contribution >= 0.6 is 0 Å². The zero-order valence-electron chi connectivity index (χ0n) is 21.0. The quantitative estimate of drug-likeness (QED) is 0.406. The van der Waals surface area contributed by atoms with Gasteiger partial charge in [0.05, 0.1) is 0 Å². The fraction of sp³-hybridized carbons (Fsp3) is 0.720. The van der Waals surface area contributed by atoms with Gasteiger partial charge in [0.1, 0.15) is 5.60 Å². The minimum atomic E-state index is -0.481. The van der Waals surface area contributed by atoms with Crippen molar-refractivity contribution >= 4 is 12.0 Å². The number of hydrogen-bond acceptors (Lipinski definition) is 5. The summed E-state index contributed by atoms with van der Waals surface area (Å²) in [6.45, 7) is 12.2. The molecule has 0 bridgehead atoms. The molecule has 7 heteroatoms. The Morgan fingerprint density at radius 1 is 1.09 bits per heavy atom. The minimum absolute atomic E-state index is 0.0896. The summed E-state index contributed by atoms with van der Waals surface area (Å²) in [5.41, 5.74) is 1.97. The molecule has 2 N–H and O–H groups in total. The molecule has 0 aliphatic carbocycles. The molecule has 0 saturated heterocycles. The van der Waals surface area contributed by atoms with Crippen LogP contribution in [0.3, 0.4) is 0 Å². The van der Waals surface area contributed by atoms with Crippen molar-refractivity contribution in [3.8, 4) is 0 Å². The molecule has 2 amide bonds. The van der Waals surface area contributed by atoms with Gasteiger partial charge in [-0.25, -0.2) is 4.79 Å². The summed E-state index contributed by atoms with van der Waals surface area (Å²) < 4.78 is 5.19. The Morgan fingerprint density at radius 3 is 2.50 bits per heavy atom. The standard InChI is InChI=1S/C25H44N4O3/c1-7-16-29(6)20(2)22-17-21(18-26-19-22)12-11-15-27-23(30)13-9-8-10-14-28-24(31)32-25(3,4)5/h17-20H,7-16H2,1-6H3,(H,27,30)(H,28,31)/t20-/m0/s1. The van der Waals surface area contributed by atoms with Gasteiger partial charge in [-0.3, -0.25) is 14.7 Å². The second kappa shape index (κ2) is 14.8. The van der Waals surface area contributed by atoms with Crippen LogP contribution in [0.4, 0.5) is 4.79 Å². The summed E-state index contributed by atoms with van der Waals surface area (Å²) in [6, 6.07) is 2.58. The minimum Gasteiger partial charge on any atom is -0.444 e. The first-order valence-corrected chi connectivity index (χ1v) is 12.0. The fourth-order valence-corrected chi connectivity index (χ4v) is 3.37. The molecule has 1 heterocycles. The molecule has 0 aromatic carbocycles. The predicted molar refractivity (Wildman–Crippen MR) is 130 cm³/mol. The van der Waals surface area contributed by atoms with E-state index in [-0.39, 0.29) is 5.91 Å². The monoisotopic (exact) mass is 448 g/mol. The highest BCUT2D eigenvalue weighted by Crippen LogP contribution is 2.19. The van der Waals surface area contributed by atoms with Crippen LogP contribution in [-0.4, -0.2) is 54.2 Å². The average Bonchev–Trinajstić information content (AvgIpc) is 2.72. The van der Waals surface area contributed by atoms with Gasteiger partial charge < -0.3 is 15.4 Å². The summed E-state index contributed by atoms with van der Waals surface area (Å²) in [5.74, 6) is 0.0896. The smallest absolute Gasteiger partial charge is 0.407 e. The number of aromatic nitrogens is 1. The van der Waals surface area contributed by atoms with Gasteiger partial charge in [0.2, 0.25) is 5.91 Å². The molecule has 0 radical (unpaired) electrons. The summed E-state index contributed by atoms with van der Waals surface area (Å²) in [4.78, 5) is 30.3. The van der Waals surface area contributed by atoms with Gasteiger partial charge in [0.15, 0.2) is 0 Å². The molecule has 0 unspecified atom stereocenters. The highest BCUT2D eigenvalue weighted by molar-refractivity contribution is 5.75. The number of aryl methyl sites for hydroxylation is 1. The van der Waals surface area contributed by atoms with E-state index >= 15 is 0 Å². The Bertz CT molecular complexity index is 688. The number of carbonyl (C=O) groups is 2. The van der Waals surface area contributed by atoms with E-state index in [2.05, 4.69) is 47.5 Å². The molecule has 32 heavy (non-hydrogen) atoms. The van der Waals surface area contributed by atoms with E-state index < -0.39 is 11.7 Å². The average molecular weight is 449 g/mol. The Morgan fingerprint density at radius 2 is 1.81 bits per heavy atom. The van der Waals surface area contributed by atoms with Crippen molar-refractivity contribution < 1.29 is 14.3 Å². The zero-order chi connectivity index (χ0) is 24.0. The summed E-state index contributed by atoms with van der Waals surface area (Å²) >= 11 is 0. The van der Waals surface area contributed by atoms with Gasteiger partial charge >= 0.3 is 6.09 Å². The van der Waals surface area contributed by atoms with Crippen LogP contribution in [0.5, 0.6) is 0 Å². The first-order chi connectivity index (χ1) is 15.1. The normalized spacial score (nSPS) is 12.5. The Balaban J connectivity index is 2.15. The van der Waals surface area contributed by atoms with Gasteiger partial charge in [0, 0.05) is 37.9 Å². The maximum absolute atomic E-state index is 12.0. The van der Waals surface area contributed by atoms with E-state index in [0.29, 0.717) is 25.6 Å². The number of ether oxygens (including phenoxy) is 1. The number of alkyl carbamates (subject to hydrolysis) is 1. The van der Waals surface area contributed by atoms with Crippen LogP contribution in [0.25, 0.3) is 0 Å². The molecule has 0 aliphatic heterocycles. The topological polar surface area (TPSA) is 83.6 Å². The van der Waals surface area contributed by atoms with E-state index in [1.54, 1.807) is 0 Å². The Kier molecular flexibility index (Phi) is 12.9. The summed E-state index contributed by atoms with van der Waals surface area (Å²) in [5, 5.41) is 5.74. The number of rotatable bonds is 14. The molecule has 1 aromatic rings. The van der Waals surface area contributed by atoms with E-state index in [9.17, 15) is 9.59 Å². The first-order valence-electron chi connectivity index (χ1n) is 12.0. The largest absolute Gasteiger partial charge is 0.444 e. The Hall–Kier alpha value is -2.15. The predicted octanol–water partition coefficient (Wildman–Crippen LogP) is 4.62. The van der Waals surface area contributed by atoms with E-state index in [1.807, 2.05) is 33.2 Å². The van der Waals surface area contributed by atoms with Crippen molar-refractivity contribution in [3.05, 3.63) is 29.6 Å². The van der Waals surface area contributed by atoms with Crippen LogP contribution in [-0.2, 0) is 16.0 Å². The van der Waals surface area contributed by atoms with Crippen molar-refractivity contribution in [2.24, 2.45) is 0 Å². The summed E-state index contributed by atoms with van der Waals surface area (Å²) in [6.07, 6.45) is 9.48. The number of amides is 2. The first kappa shape index (κ1) is 27.9. The third kappa shape index (κ3) is 12.6. The van der Waals surface area contributed by atoms with Gasteiger partial charge in [-0.15, -0.1) is 0 Å². The lowest BCUT2D eigenvalue weighted by molar-refractivity contribution is -0.121. The number of nitrogens with zero attached hydrogens (tertiary/aromatic N) is 2. The van der Waals surface area contributed by atoms with Gasteiger partial charge in [-0.1, -0.05) is 19.4 Å². The van der Waals surface area contributed by atoms with Crippen LogP contribution in [0.2, 0.25) is 0 Å². The third-order valence-electron chi connectivity index (χ3n) is 5.25. The van der Waals surface area contributed by atoms with E-state index in [4.69, 9.17) is 4.74 Å². The maximum Gasteiger partial charge on any atom is 0.407 e. The van der Waals surface area contributed by atoms with E-state index in [1.165, 1.54) is 11.1 Å².